The smallest absolute Gasteiger partial charge is 0.187 e. The van der Waals surface area contributed by atoms with Crippen LogP contribution in [0.15, 0.2) is 45.3 Å². The minimum absolute atomic E-state index is 0.0846. The molecule has 3 aromatic rings. The van der Waals surface area contributed by atoms with Crippen LogP contribution in [0.1, 0.15) is 0 Å². The van der Waals surface area contributed by atoms with Crippen LogP contribution in [0.4, 0.5) is 10.1 Å². The van der Waals surface area contributed by atoms with Crippen molar-refractivity contribution in [2.75, 3.05) is 5.73 Å². The minimum Gasteiger partial charge on any atom is -0.396 e. The summed E-state index contributed by atoms with van der Waals surface area (Å²) in [5, 5.41) is 11.6. The van der Waals surface area contributed by atoms with E-state index in [1.807, 2.05) is 18.2 Å². The van der Waals surface area contributed by atoms with E-state index in [0.29, 0.717) is 11.4 Å². The summed E-state index contributed by atoms with van der Waals surface area (Å²) in [5.41, 5.74) is 6.85. The molecule has 2 N–H and O–H groups in total. The van der Waals surface area contributed by atoms with Gasteiger partial charge in [0.15, 0.2) is 5.82 Å². The highest BCUT2D eigenvalue weighted by molar-refractivity contribution is 9.11. The zero-order valence-electron chi connectivity index (χ0n) is 10.5. The van der Waals surface area contributed by atoms with Gasteiger partial charge in [0.1, 0.15) is 5.82 Å². The number of anilines is 1. The quantitative estimate of drug-likeness (QED) is 0.653. The molecule has 0 spiro atoms. The molecule has 21 heavy (non-hydrogen) atoms. The standard InChI is InChI=1S/C13H8Br2FN5/c14-8-2-3-9(15)12(6-8)21-13(18-19-20-21)7-1-4-11(17)10(16)5-7/h1-6H,17H2. The van der Waals surface area contributed by atoms with E-state index in [4.69, 9.17) is 5.73 Å². The summed E-state index contributed by atoms with van der Waals surface area (Å²) in [7, 11) is 0. The van der Waals surface area contributed by atoms with Crippen LogP contribution in [0.25, 0.3) is 17.1 Å². The van der Waals surface area contributed by atoms with Crippen molar-refractivity contribution in [2.45, 2.75) is 0 Å². The molecule has 5 nitrogen and oxygen atoms in total. The lowest BCUT2D eigenvalue weighted by Crippen LogP contribution is -2.01. The van der Waals surface area contributed by atoms with Crippen molar-refractivity contribution in [1.29, 1.82) is 0 Å². The van der Waals surface area contributed by atoms with Crippen LogP contribution < -0.4 is 5.73 Å². The van der Waals surface area contributed by atoms with Gasteiger partial charge in [-0.15, -0.1) is 5.10 Å². The van der Waals surface area contributed by atoms with E-state index in [1.165, 1.54) is 16.8 Å². The number of halogens is 3. The molecule has 0 atom stereocenters. The molecule has 0 fully saturated rings. The average molecular weight is 413 g/mol. The summed E-state index contributed by atoms with van der Waals surface area (Å²) in [5.74, 6) is -0.0805. The first kappa shape index (κ1) is 14.2. The molecule has 0 amide bonds. The van der Waals surface area contributed by atoms with Gasteiger partial charge < -0.3 is 5.73 Å². The number of aromatic nitrogens is 4. The topological polar surface area (TPSA) is 69.6 Å². The Morgan fingerprint density at radius 1 is 1.10 bits per heavy atom. The Hall–Kier alpha value is -1.80. The normalized spacial score (nSPS) is 10.8. The minimum atomic E-state index is -0.504. The van der Waals surface area contributed by atoms with Crippen molar-refractivity contribution in [1.82, 2.24) is 20.2 Å². The Kier molecular flexibility index (Phi) is 3.73. The molecule has 0 saturated carbocycles. The van der Waals surface area contributed by atoms with Crippen LogP contribution in [0, 0.1) is 5.82 Å². The fourth-order valence-electron chi connectivity index (χ4n) is 1.84. The molecule has 0 aliphatic rings. The lowest BCUT2D eigenvalue weighted by atomic mass is 10.2. The molecule has 2 aromatic carbocycles. The number of nitrogen functional groups attached to an aromatic ring is 1. The van der Waals surface area contributed by atoms with Gasteiger partial charge >= 0.3 is 0 Å². The average Bonchev–Trinajstić information content (AvgIpc) is 2.93. The van der Waals surface area contributed by atoms with Crippen LogP contribution in [-0.4, -0.2) is 20.2 Å². The molecule has 106 valence electrons. The fraction of sp³-hybridized carbons (Fsp3) is 0. The third kappa shape index (κ3) is 2.68. The van der Waals surface area contributed by atoms with Gasteiger partial charge in [0, 0.05) is 14.5 Å². The molecule has 1 heterocycles. The van der Waals surface area contributed by atoms with Crippen molar-refractivity contribution in [3.63, 3.8) is 0 Å². The molecule has 0 unspecified atom stereocenters. The summed E-state index contributed by atoms with van der Waals surface area (Å²) in [6.45, 7) is 0. The van der Waals surface area contributed by atoms with E-state index in [-0.39, 0.29) is 5.69 Å². The summed E-state index contributed by atoms with van der Waals surface area (Å²) in [4.78, 5) is 0. The maximum Gasteiger partial charge on any atom is 0.187 e. The summed E-state index contributed by atoms with van der Waals surface area (Å²) in [6.07, 6.45) is 0. The van der Waals surface area contributed by atoms with E-state index in [9.17, 15) is 4.39 Å². The van der Waals surface area contributed by atoms with Gasteiger partial charge in [-0.05, 0) is 62.8 Å². The van der Waals surface area contributed by atoms with Gasteiger partial charge in [0.05, 0.1) is 11.4 Å². The molecule has 8 heteroatoms. The van der Waals surface area contributed by atoms with E-state index in [1.54, 1.807) is 6.07 Å². The molecular formula is C13H8Br2FN5. The summed E-state index contributed by atoms with van der Waals surface area (Å²) >= 11 is 6.86. The molecule has 0 radical (unpaired) electrons. The zero-order chi connectivity index (χ0) is 15.0. The summed E-state index contributed by atoms with van der Waals surface area (Å²) in [6, 6.07) is 10.1. The zero-order valence-corrected chi connectivity index (χ0v) is 13.6. The predicted octanol–water partition coefficient (Wildman–Crippen LogP) is 3.58. The van der Waals surface area contributed by atoms with Gasteiger partial charge in [0.2, 0.25) is 0 Å². The first-order valence-corrected chi connectivity index (χ1v) is 7.44. The number of benzene rings is 2. The van der Waals surface area contributed by atoms with E-state index in [2.05, 4.69) is 47.4 Å². The van der Waals surface area contributed by atoms with Crippen molar-refractivity contribution in [3.05, 3.63) is 51.2 Å². The van der Waals surface area contributed by atoms with E-state index in [0.717, 1.165) is 14.6 Å². The third-order valence-electron chi connectivity index (χ3n) is 2.86. The van der Waals surface area contributed by atoms with Crippen LogP contribution in [-0.2, 0) is 0 Å². The molecule has 1 aromatic heterocycles. The number of nitrogens with zero attached hydrogens (tertiary/aromatic N) is 4. The first-order valence-electron chi connectivity index (χ1n) is 5.85. The Bertz CT molecular complexity index is 818. The maximum absolute atomic E-state index is 13.6. The lowest BCUT2D eigenvalue weighted by Gasteiger charge is -2.08. The van der Waals surface area contributed by atoms with Gasteiger partial charge in [0.25, 0.3) is 0 Å². The highest BCUT2D eigenvalue weighted by atomic mass is 79.9. The number of rotatable bonds is 2. The van der Waals surface area contributed by atoms with Crippen LogP contribution in [0.5, 0.6) is 0 Å². The van der Waals surface area contributed by atoms with E-state index < -0.39 is 5.82 Å². The molecule has 0 aliphatic carbocycles. The highest BCUT2D eigenvalue weighted by Gasteiger charge is 2.14. The van der Waals surface area contributed by atoms with Crippen LogP contribution >= 0.6 is 31.9 Å². The highest BCUT2D eigenvalue weighted by Crippen LogP contribution is 2.28. The molecule has 0 bridgehead atoms. The Morgan fingerprint density at radius 2 is 1.90 bits per heavy atom. The molecule has 3 rings (SSSR count). The molecule has 0 saturated heterocycles. The Balaban J connectivity index is 2.17. The van der Waals surface area contributed by atoms with Crippen molar-refractivity contribution < 1.29 is 4.39 Å². The second kappa shape index (κ2) is 5.53. The van der Waals surface area contributed by atoms with Crippen molar-refractivity contribution in [2.24, 2.45) is 0 Å². The SMILES string of the molecule is Nc1ccc(-c2nnnn2-c2cc(Br)ccc2Br)cc1F. The third-order valence-corrected chi connectivity index (χ3v) is 4.03. The fourth-order valence-corrected chi connectivity index (χ4v) is 2.61. The number of tetrazole rings is 1. The van der Waals surface area contributed by atoms with Crippen LogP contribution in [0.2, 0.25) is 0 Å². The van der Waals surface area contributed by atoms with Gasteiger partial charge in [-0.2, -0.15) is 4.68 Å². The lowest BCUT2D eigenvalue weighted by molar-refractivity contribution is 0.632. The second-order valence-corrected chi connectivity index (χ2v) is 6.02. The van der Waals surface area contributed by atoms with Crippen molar-refractivity contribution >= 4 is 37.5 Å². The number of nitrogens with two attached hydrogens (primary N) is 1. The Morgan fingerprint density at radius 3 is 2.67 bits per heavy atom. The van der Waals surface area contributed by atoms with Crippen LogP contribution in [0.3, 0.4) is 0 Å². The van der Waals surface area contributed by atoms with Gasteiger partial charge in [-0.25, -0.2) is 4.39 Å². The maximum atomic E-state index is 13.6. The predicted molar refractivity (Wildman–Crippen MR) is 84.4 cm³/mol. The number of hydrogen-bond acceptors (Lipinski definition) is 4. The Labute approximate surface area is 136 Å². The van der Waals surface area contributed by atoms with Gasteiger partial charge in [-0.3, -0.25) is 0 Å². The van der Waals surface area contributed by atoms with Gasteiger partial charge in [-0.1, -0.05) is 15.9 Å². The molecule has 0 aliphatic heterocycles. The molecular weight excluding hydrogens is 405 g/mol. The number of hydrogen-bond donors (Lipinski definition) is 1. The largest absolute Gasteiger partial charge is 0.396 e. The first-order chi connectivity index (χ1) is 10.1. The summed E-state index contributed by atoms with van der Waals surface area (Å²) < 4.78 is 16.9. The second-order valence-electron chi connectivity index (χ2n) is 4.25. The van der Waals surface area contributed by atoms with E-state index >= 15 is 0 Å². The monoisotopic (exact) mass is 411 g/mol. The van der Waals surface area contributed by atoms with Crippen molar-refractivity contribution in [3.8, 4) is 17.1 Å².